The van der Waals surface area contributed by atoms with E-state index in [0.29, 0.717) is 11.4 Å². The third-order valence-electron chi connectivity index (χ3n) is 4.82. The van der Waals surface area contributed by atoms with E-state index in [-0.39, 0.29) is 5.70 Å². The molecule has 2 N–H and O–H groups in total. The molecule has 32 heavy (non-hydrogen) atoms. The molecule has 9 heteroatoms. The van der Waals surface area contributed by atoms with Gasteiger partial charge in [-0.1, -0.05) is 15.9 Å². The molecule has 2 aromatic carbocycles. The molecule has 0 bridgehead atoms. The van der Waals surface area contributed by atoms with Crippen molar-refractivity contribution in [1.82, 2.24) is 14.8 Å². The SMILES string of the molecule is COc1ccc(-n2cccc2/C=C2\NC(=O)N(CC(=O)Nc3ccc(Br)cc3)C2=O)cc1. The summed E-state index contributed by atoms with van der Waals surface area (Å²) in [4.78, 5) is 38.3. The van der Waals surface area contributed by atoms with Gasteiger partial charge in [-0.3, -0.25) is 9.59 Å². The molecule has 1 saturated heterocycles. The van der Waals surface area contributed by atoms with Crippen molar-refractivity contribution in [1.29, 1.82) is 0 Å². The van der Waals surface area contributed by atoms with Crippen molar-refractivity contribution >= 4 is 45.5 Å². The fourth-order valence-corrected chi connectivity index (χ4v) is 3.49. The van der Waals surface area contributed by atoms with Crippen LogP contribution in [0.1, 0.15) is 5.69 Å². The summed E-state index contributed by atoms with van der Waals surface area (Å²) in [6.45, 7) is -0.391. The van der Waals surface area contributed by atoms with Crippen LogP contribution in [-0.2, 0) is 9.59 Å². The number of urea groups is 1. The summed E-state index contributed by atoms with van der Waals surface area (Å²) in [6.07, 6.45) is 3.43. The molecular weight excluding hydrogens is 476 g/mol. The van der Waals surface area contributed by atoms with Crippen LogP contribution in [0.15, 0.2) is 77.0 Å². The number of hydrogen-bond donors (Lipinski definition) is 2. The summed E-state index contributed by atoms with van der Waals surface area (Å²) in [5.41, 5.74) is 2.23. The number of aromatic nitrogens is 1. The number of amides is 4. The van der Waals surface area contributed by atoms with Gasteiger partial charge < -0.3 is 19.9 Å². The Hall–Kier alpha value is -3.85. The van der Waals surface area contributed by atoms with Crippen LogP contribution in [0.3, 0.4) is 0 Å². The molecule has 1 aliphatic heterocycles. The Kier molecular flexibility index (Phi) is 6.09. The Morgan fingerprint density at radius 3 is 2.50 bits per heavy atom. The molecule has 0 atom stereocenters. The Morgan fingerprint density at radius 2 is 1.81 bits per heavy atom. The molecule has 3 aromatic rings. The van der Waals surface area contributed by atoms with Crippen LogP contribution in [0.25, 0.3) is 11.8 Å². The lowest BCUT2D eigenvalue weighted by Crippen LogP contribution is -2.38. The van der Waals surface area contributed by atoms with Gasteiger partial charge in [0.15, 0.2) is 0 Å². The van der Waals surface area contributed by atoms with Crippen molar-refractivity contribution in [2.75, 3.05) is 19.0 Å². The highest BCUT2D eigenvalue weighted by atomic mass is 79.9. The van der Waals surface area contributed by atoms with E-state index in [1.165, 1.54) is 0 Å². The zero-order chi connectivity index (χ0) is 22.7. The van der Waals surface area contributed by atoms with Gasteiger partial charge in [0.25, 0.3) is 5.91 Å². The van der Waals surface area contributed by atoms with Crippen molar-refractivity contribution in [2.24, 2.45) is 0 Å². The smallest absolute Gasteiger partial charge is 0.329 e. The van der Waals surface area contributed by atoms with E-state index >= 15 is 0 Å². The molecule has 162 valence electrons. The van der Waals surface area contributed by atoms with Gasteiger partial charge in [-0.15, -0.1) is 0 Å². The standard InChI is InChI=1S/C23H19BrN4O4/c1-32-19-10-8-17(9-11-19)27-12-2-3-18(27)13-20-22(30)28(23(31)26-20)14-21(29)25-16-6-4-15(24)5-7-16/h2-13H,14H2,1H3,(H,25,29)(H,26,31)/b20-13-. The first-order valence-electron chi connectivity index (χ1n) is 9.66. The molecule has 4 rings (SSSR count). The number of benzene rings is 2. The number of nitrogens with one attached hydrogen (secondary N) is 2. The minimum atomic E-state index is -0.644. The van der Waals surface area contributed by atoms with Gasteiger partial charge in [0, 0.05) is 27.7 Å². The number of nitrogens with zero attached hydrogens (tertiary/aromatic N) is 2. The minimum Gasteiger partial charge on any atom is -0.497 e. The van der Waals surface area contributed by atoms with Crippen molar-refractivity contribution < 1.29 is 19.1 Å². The van der Waals surface area contributed by atoms with Gasteiger partial charge in [-0.05, 0) is 66.7 Å². The first-order valence-corrected chi connectivity index (χ1v) is 10.5. The predicted molar refractivity (Wildman–Crippen MR) is 123 cm³/mol. The van der Waals surface area contributed by atoms with Crippen molar-refractivity contribution in [2.45, 2.75) is 0 Å². The van der Waals surface area contributed by atoms with E-state index in [9.17, 15) is 14.4 Å². The summed E-state index contributed by atoms with van der Waals surface area (Å²) in [6, 6.07) is 17.4. The molecule has 0 unspecified atom stereocenters. The van der Waals surface area contributed by atoms with Crippen molar-refractivity contribution in [3.63, 3.8) is 0 Å². The topological polar surface area (TPSA) is 92.7 Å². The maximum atomic E-state index is 12.8. The van der Waals surface area contributed by atoms with Gasteiger partial charge in [0.1, 0.15) is 18.0 Å². The highest BCUT2D eigenvalue weighted by molar-refractivity contribution is 9.10. The van der Waals surface area contributed by atoms with Crippen LogP contribution in [-0.4, -0.2) is 41.0 Å². The second-order valence-corrected chi connectivity index (χ2v) is 7.85. The lowest BCUT2D eigenvalue weighted by atomic mass is 10.2. The second kappa shape index (κ2) is 9.11. The number of methoxy groups -OCH3 is 1. The van der Waals surface area contributed by atoms with E-state index in [4.69, 9.17) is 4.74 Å². The molecular formula is C23H19BrN4O4. The third-order valence-corrected chi connectivity index (χ3v) is 5.34. The minimum absolute atomic E-state index is 0.0971. The number of ether oxygens (including phenoxy) is 1. The number of imide groups is 1. The first-order chi connectivity index (χ1) is 15.4. The van der Waals surface area contributed by atoms with Gasteiger partial charge in [0.2, 0.25) is 5.91 Å². The summed E-state index contributed by atoms with van der Waals surface area (Å²) in [7, 11) is 1.60. The second-order valence-electron chi connectivity index (χ2n) is 6.94. The molecule has 0 saturated carbocycles. The Morgan fingerprint density at radius 1 is 1.09 bits per heavy atom. The number of rotatable bonds is 6. The van der Waals surface area contributed by atoms with Gasteiger partial charge in [-0.25, -0.2) is 9.69 Å². The van der Waals surface area contributed by atoms with E-state index < -0.39 is 24.4 Å². The van der Waals surface area contributed by atoms with Gasteiger partial charge >= 0.3 is 6.03 Å². The molecule has 1 aliphatic rings. The van der Waals surface area contributed by atoms with Crippen molar-refractivity contribution in [3.05, 3.63) is 82.7 Å². The van der Waals surface area contributed by atoms with Crippen LogP contribution >= 0.6 is 15.9 Å². The number of halogens is 1. The fourth-order valence-electron chi connectivity index (χ4n) is 3.23. The average Bonchev–Trinajstić information content (AvgIpc) is 3.35. The van der Waals surface area contributed by atoms with Crippen LogP contribution in [0, 0.1) is 0 Å². The maximum Gasteiger partial charge on any atom is 0.329 e. The van der Waals surface area contributed by atoms with Crippen LogP contribution in [0.4, 0.5) is 10.5 Å². The highest BCUT2D eigenvalue weighted by Gasteiger charge is 2.35. The predicted octanol–water partition coefficient (Wildman–Crippen LogP) is 3.78. The largest absolute Gasteiger partial charge is 0.497 e. The molecule has 0 aliphatic carbocycles. The van der Waals surface area contributed by atoms with Crippen molar-refractivity contribution in [3.8, 4) is 11.4 Å². The lowest BCUT2D eigenvalue weighted by molar-refractivity contribution is -0.127. The summed E-state index contributed by atoms with van der Waals surface area (Å²) >= 11 is 3.32. The summed E-state index contributed by atoms with van der Waals surface area (Å²) in [5.74, 6) is -0.307. The summed E-state index contributed by atoms with van der Waals surface area (Å²) in [5, 5.41) is 5.21. The number of anilines is 1. The average molecular weight is 495 g/mol. The number of carbonyl (C=O) groups is 3. The third kappa shape index (κ3) is 4.57. The molecule has 0 radical (unpaired) electrons. The van der Waals surface area contributed by atoms with Crippen LogP contribution < -0.4 is 15.4 Å². The molecule has 8 nitrogen and oxygen atoms in total. The molecule has 2 heterocycles. The first kappa shape index (κ1) is 21.4. The Labute approximate surface area is 192 Å². The monoisotopic (exact) mass is 494 g/mol. The zero-order valence-corrected chi connectivity index (χ0v) is 18.6. The summed E-state index contributed by atoms with van der Waals surface area (Å²) < 4.78 is 7.93. The Balaban J connectivity index is 1.48. The normalized spacial score (nSPS) is 14.6. The molecule has 0 spiro atoms. The van der Waals surface area contributed by atoms with E-state index in [2.05, 4.69) is 26.6 Å². The fraction of sp³-hybridized carbons (Fsp3) is 0.0870. The zero-order valence-electron chi connectivity index (χ0n) is 17.0. The van der Waals surface area contributed by atoms with E-state index in [0.717, 1.165) is 20.8 Å². The van der Waals surface area contributed by atoms with Crippen LogP contribution in [0.2, 0.25) is 0 Å². The number of carbonyl (C=O) groups excluding carboxylic acids is 3. The number of hydrogen-bond acceptors (Lipinski definition) is 4. The maximum absolute atomic E-state index is 12.8. The quantitative estimate of drug-likeness (QED) is 0.402. The van der Waals surface area contributed by atoms with Gasteiger partial charge in [0.05, 0.1) is 7.11 Å². The van der Waals surface area contributed by atoms with Gasteiger partial charge in [-0.2, -0.15) is 0 Å². The van der Waals surface area contributed by atoms with E-state index in [1.807, 2.05) is 47.2 Å². The molecule has 1 fully saturated rings. The Bertz CT molecular complexity index is 1200. The molecule has 4 amide bonds. The lowest BCUT2D eigenvalue weighted by Gasteiger charge is -2.12. The van der Waals surface area contributed by atoms with E-state index in [1.54, 1.807) is 37.5 Å². The molecule has 1 aromatic heterocycles. The van der Waals surface area contributed by atoms with Crippen LogP contribution in [0.5, 0.6) is 5.75 Å². The highest BCUT2D eigenvalue weighted by Crippen LogP contribution is 2.21.